The molecule has 1 aliphatic heterocycles. The van der Waals surface area contributed by atoms with E-state index in [0.717, 1.165) is 38.8 Å². The van der Waals surface area contributed by atoms with Crippen LogP contribution < -0.4 is 0 Å². The van der Waals surface area contributed by atoms with Crippen molar-refractivity contribution >= 4 is 9.84 Å². The first-order valence-electron chi connectivity index (χ1n) is 6.48. The highest BCUT2D eigenvalue weighted by Gasteiger charge is 2.42. The van der Waals surface area contributed by atoms with Crippen molar-refractivity contribution in [3.63, 3.8) is 0 Å². The Morgan fingerprint density at radius 1 is 1.00 bits per heavy atom. The molecule has 4 heteroatoms. The molecule has 94 valence electrons. The Kier molecular flexibility index (Phi) is 3.59. The minimum atomic E-state index is -2.83. The van der Waals surface area contributed by atoms with Crippen LogP contribution in [0.25, 0.3) is 0 Å². The van der Waals surface area contributed by atoms with Gasteiger partial charge in [-0.25, -0.2) is 8.42 Å². The van der Waals surface area contributed by atoms with Crippen LogP contribution in [0.15, 0.2) is 0 Å². The van der Waals surface area contributed by atoms with Gasteiger partial charge in [-0.3, -0.25) is 4.90 Å². The summed E-state index contributed by atoms with van der Waals surface area (Å²) >= 11 is 0. The molecule has 3 nitrogen and oxygen atoms in total. The lowest BCUT2D eigenvalue weighted by atomic mass is 10.0. The maximum Gasteiger partial charge on any atom is 0.158 e. The van der Waals surface area contributed by atoms with E-state index in [2.05, 4.69) is 18.7 Å². The molecule has 0 spiro atoms. The normalized spacial score (nSPS) is 25.9. The van der Waals surface area contributed by atoms with Crippen LogP contribution in [-0.2, 0) is 9.84 Å². The Bertz CT molecular complexity index is 325. The van der Waals surface area contributed by atoms with Gasteiger partial charge in [-0.05, 0) is 26.7 Å². The fourth-order valence-electron chi connectivity index (χ4n) is 2.76. The zero-order chi connectivity index (χ0) is 11.8. The Hall–Kier alpha value is -0.0900. The molecule has 2 fully saturated rings. The summed E-state index contributed by atoms with van der Waals surface area (Å²) in [5.74, 6) is 0. The van der Waals surface area contributed by atoms with Crippen LogP contribution >= 0.6 is 0 Å². The first-order valence-corrected chi connectivity index (χ1v) is 8.09. The summed E-state index contributed by atoms with van der Waals surface area (Å²) in [4.78, 5) is 2.24. The Morgan fingerprint density at radius 3 is 2.06 bits per heavy atom. The van der Waals surface area contributed by atoms with Crippen LogP contribution in [0, 0.1) is 0 Å². The molecule has 0 bridgehead atoms. The molecule has 0 aromatic heterocycles. The predicted octanol–water partition coefficient (Wildman–Crippen LogP) is 1.83. The second-order valence-corrected chi connectivity index (χ2v) is 8.03. The molecule has 2 rings (SSSR count). The summed E-state index contributed by atoms with van der Waals surface area (Å²) in [7, 11) is -2.83. The quantitative estimate of drug-likeness (QED) is 0.761. The second-order valence-electron chi connectivity index (χ2n) is 5.52. The summed E-state index contributed by atoms with van der Waals surface area (Å²) in [6.07, 6.45) is 5.23. The molecule has 0 atom stereocenters. The largest absolute Gasteiger partial charge is 0.298 e. The van der Waals surface area contributed by atoms with E-state index in [4.69, 9.17) is 0 Å². The Labute approximate surface area is 99.1 Å². The summed E-state index contributed by atoms with van der Waals surface area (Å²) in [5, 5.41) is -0.0986. The third-order valence-electron chi connectivity index (χ3n) is 4.09. The van der Waals surface area contributed by atoms with E-state index in [0.29, 0.717) is 6.04 Å². The van der Waals surface area contributed by atoms with Crippen LogP contribution in [0.1, 0.15) is 46.0 Å². The molecule has 0 aromatic rings. The van der Waals surface area contributed by atoms with E-state index in [1.54, 1.807) is 0 Å². The third kappa shape index (κ3) is 2.28. The topological polar surface area (TPSA) is 37.4 Å². The average Bonchev–Trinajstić information content (AvgIpc) is 2.15. The summed E-state index contributed by atoms with van der Waals surface area (Å²) in [6.45, 7) is 5.78. The van der Waals surface area contributed by atoms with Gasteiger partial charge in [-0.1, -0.05) is 19.3 Å². The Balaban J connectivity index is 1.93. The summed E-state index contributed by atoms with van der Waals surface area (Å²) in [5.41, 5.74) is 0. The van der Waals surface area contributed by atoms with Gasteiger partial charge in [0.25, 0.3) is 0 Å². The molecule has 1 saturated heterocycles. The van der Waals surface area contributed by atoms with E-state index in [-0.39, 0.29) is 10.5 Å². The maximum atomic E-state index is 12.3. The highest BCUT2D eigenvalue weighted by atomic mass is 32.2. The number of rotatable bonds is 3. The first kappa shape index (κ1) is 12.4. The van der Waals surface area contributed by atoms with Crippen LogP contribution in [0.2, 0.25) is 0 Å². The summed E-state index contributed by atoms with van der Waals surface area (Å²) in [6, 6.07) is 0.484. The van der Waals surface area contributed by atoms with Gasteiger partial charge >= 0.3 is 0 Å². The van der Waals surface area contributed by atoms with Crippen molar-refractivity contribution in [3.8, 4) is 0 Å². The van der Waals surface area contributed by atoms with Gasteiger partial charge in [-0.15, -0.1) is 0 Å². The number of hydrogen-bond acceptors (Lipinski definition) is 3. The molecular weight excluding hydrogens is 222 g/mol. The third-order valence-corrected chi connectivity index (χ3v) is 6.72. The lowest BCUT2D eigenvalue weighted by molar-refractivity contribution is 0.141. The molecular formula is C12H23NO2S. The molecule has 0 aromatic carbocycles. The van der Waals surface area contributed by atoms with Crippen LogP contribution in [-0.4, -0.2) is 42.9 Å². The number of nitrogens with zero attached hydrogens (tertiary/aromatic N) is 1. The molecule has 2 aliphatic rings. The van der Waals surface area contributed by atoms with Crippen molar-refractivity contribution in [2.75, 3.05) is 13.1 Å². The summed E-state index contributed by atoms with van der Waals surface area (Å²) < 4.78 is 24.6. The zero-order valence-corrected chi connectivity index (χ0v) is 11.2. The van der Waals surface area contributed by atoms with Gasteiger partial charge in [0.1, 0.15) is 0 Å². The van der Waals surface area contributed by atoms with E-state index < -0.39 is 9.84 Å². The Morgan fingerprint density at radius 2 is 1.56 bits per heavy atom. The van der Waals surface area contributed by atoms with E-state index in [1.807, 2.05) is 0 Å². The average molecular weight is 245 g/mol. The molecule has 0 radical (unpaired) electrons. The number of hydrogen-bond donors (Lipinski definition) is 0. The molecule has 0 N–H and O–H groups in total. The highest BCUT2D eigenvalue weighted by Crippen LogP contribution is 2.30. The van der Waals surface area contributed by atoms with Crippen LogP contribution in [0.5, 0.6) is 0 Å². The van der Waals surface area contributed by atoms with Crippen LogP contribution in [0.4, 0.5) is 0 Å². The van der Waals surface area contributed by atoms with E-state index >= 15 is 0 Å². The predicted molar refractivity (Wildman–Crippen MR) is 66.3 cm³/mol. The van der Waals surface area contributed by atoms with Gasteiger partial charge in [0, 0.05) is 19.1 Å². The molecule has 1 heterocycles. The SMILES string of the molecule is CC(C)N1CC(S(=O)(=O)C2CCCCC2)C1. The second kappa shape index (κ2) is 4.65. The fourth-order valence-corrected chi connectivity index (χ4v) is 5.10. The van der Waals surface area contributed by atoms with Gasteiger partial charge < -0.3 is 0 Å². The molecule has 0 unspecified atom stereocenters. The van der Waals surface area contributed by atoms with Crippen molar-refractivity contribution in [3.05, 3.63) is 0 Å². The standard InChI is InChI=1S/C12H23NO2S/c1-10(2)13-8-12(9-13)16(14,15)11-6-4-3-5-7-11/h10-12H,3-9H2,1-2H3. The first-order chi connectivity index (χ1) is 7.51. The van der Waals surface area contributed by atoms with E-state index in [9.17, 15) is 8.42 Å². The van der Waals surface area contributed by atoms with Gasteiger partial charge in [-0.2, -0.15) is 0 Å². The minimum absolute atomic E-state index is 0.0273. The van der Waals surface area contributed by atoms with Crippen molar-refractivity contribution in [1.82, 2.24) is 4.90 Å². The fraction of sp³-hybridized carbons (Fsp3) is 1.00. The minimum Gasteiger partial charge on any atom is -0.298 e. The smallest absolute Gasteiger partial charge is 0.158 e. The maximum absolute atomic E-state index is 12.3. The number of sulfone groups is 1. The van der Waals surface area contributed by atoms with Crippen molar-refractivity contribution in [1.29, 1.82) is 0 Å². The van der Waals surface area contributed by atoms with Gasteiger partial charge in [0.05, 0.1) is 10.5 Å². The van der Waals surface area contributed by atoms with E-state index in [1.165, 1.54) is 6.42 Å². The number of likely N-dealkylation sites (tertiary alicyclic amines) is 1. The lowest BCUT2D eigenvalue weighted by Gasteiger charge is -2.43. The lowest BCUT2D eigenvalue weighted by Crippen LogP contribution is -2.58. The van der Waals surface area contributed by atoms with Crippen LogP contribution in [0.3, 0.4) is 0 Å². The highest BCUT2D eigenvalue weighted by molar-refractivity contribution is 7.92. The molecule has 16 heavy (non-hydrogen) atoms. The van der Waals surface area contributed by atoms with Crippen molar-refractivity contribution < 1.29 is 8.42 Å². The monoisotopic (exact) mass is 245 g/mol. The van der Waals surface area contributed by atoms with Gasteiger partial charge in [0.2, 0.25) is 0 Å². The van der Waals surface area contributed by atoms with Crippen molar-refractivity contribution in [2.24, 2.45) is 0 Å². The van der Waals surface area contributed by atoms with Gasteiger partial charge in [0.15, 0.2) is 9.84 Å². The molecule has 1 saturated carbocycles. The molecule has 0 amide bonds. The zero-order valence-electron chi connectivity index (χ0n) is 10.4. The molecule has 1 aliphatic carbocycles. The van der Waals surface area contributed by atoms with Crippen molar-refractivity contribution in [2.45, 2.75) is 62.5 Å².